The van der Waals surface area contributed by atoms with Crippen molar-refractivity contribution in [3.05, 3.63) is 28.8 Å². The number of fused-ring (bicyclic) bond motifs is 2. The van der Waals surface area contributed by atoms with Gasteiger partial charge in [0.25, 0.3) is 0 Å². The molecule has 2 aliphatic rings. The second-order valence-electron chi connectivity index (χ2n) is 6.01. The van der Waals surface area contributed by atoms with Gasteiger partial charge in [-0.05, 0) is 55.2 Å². The summed E-state index contributed by atoms with van der Waals surface area (Å²) in [7, 11) is 0. The molecule has 0 saturated heterocycles. The number of alkyl halides is 3. The molecule has 2 bridgehead atoms. The van der Waals surface area contributed by atoms with Crippen LogP contribution in [-0.4, -0.2) is 6.54 Å². The fraction of sp³-hybridized carbons (Fsp3) is 0.600. The highest BCUT2D eigenvalue weighted by atomic mass is 35.5. The van der Waals surface area contributed by atoms with Crippen LogP contribution in [0.1, 0.15) is 31.2 Å². The second-order valence-corrected chi connectivity index (χ2v) is 6.42. The SMILES string of the molecule is FC(F)(F)c1ccc(NCC2CC3CCC2C3)c(Cl)c1. The molecule has 2 fully saturated rings. The van der Waals surface area contributed by atoms with Crippen LogP contribution in [0, 0.1) is 17.8 Å². The molecular formula is C15H17ClF3N. The van der Waals surface area contributed by atoms with Crippen LogP contribution < -0.4 is 5.32 Å². The van der Waals surface area contributed by atoms with Gasteiger partial charge in [0.05, 0.1) is 16.3 Å². The predicted molar refractivity (Wildman–Crippen MR) is 73.9 cm³/mol. The smallest absolute Gasteiger partial charge is 0.384 e. The number of rotatable bonds is 3. The highest BCUT2D eigenvalue weighted by molar-refractivity contribution is 6.33. The average Bonchev–Trinajstić information content (AvgIpc) is 2.98. The fourth-order valence-corrected chi connectivity index (χ4v) is 3.95. The molecule has 2 saturated carbocycles. The van der Waals surface area contributed by atoms with Gasteiger partial charge in [0.15, 0.2) is 0 Å². The van der Waals surface area contributed by atoms with Crippen molar-refractivity contribution in [3.8, 4) is 0 Å². The third-order valence-corrected chi connectivity index (χ3v) is 5.05. The molecule has 3 rings (SSSR count). The van der Waals surface area contributed by atoms with Gasteiger partial charge in [-0.25, -0.2) is 0 Å². The van der Waals surface area contributed by atoms with Crippen LogP contribution in [0.5, 0.6) is 0 Å². The molecule has 0 radical (unpaired) electrons. The molecule has 2 aliphatic carbocycles. The number of hydrogen-bond acceptors (Lipinski definition) is 1. The maximum Gasteiger partial charge on any atom is 0.416 e. The van der Waals surface area contributed by atoms with Crippen LogP contribution >= 0.6 is 11.6 Å². The number of benzene rings is 1. The van der Waals surface area contributed by atoms with E-state index in [2.05, 4.69) is 5.32 Å². The summed E-state index contributed by atoms with van der Waals surface area (Å²) in [6.07, 6.45) is 0.885. The van der Waals surface area contributed by atoms with Crippen molar-refractivity contribution in [2.24, 2.45) is 17.8 Å². The first-order valence-corrected chi connectivity index (χ1v) is 7.42. The molecule has 0 spiro atoms. The van der Waals surface area contributed by atoms with E-state index in [-0.39, 0.29) is 5.02 Å². The second kappa shape index (κ2) is 5.14. The minimum Gasteiger partial charge on any atom is -0.384 e. The Kier molecular flexibility index (Phi) is 3.61. The van der Waals surface area contributed by atoms with Gasteiger partial charge < -0.3 is 5.32 Å². The standard InChI is InChI=1S/C15H17ClF3N/c16-13-7-12(15(17,18)19)3-4-14(13)20-8-11-6-9-1-2-10(11)5-9/h3-4,7,9-11,20H,1-2,5-6,8H2. The van der Waals surface area contributed by atoms with Crippen molar-refractivity contribution in [2.75, 3.05) is 11.9 Å². The van der Waals surface area contributed by atoms with Crippen molar-refractivity contribution >= 4 is 17.3 Å². The van der Waals surface area contributed by atoms with E-state index in [0.717, 1.165) is 30.5 Å². The zero-order chi connectivity index (χ0) is 14.3. The molecule has 3 atom stereocenters. The topological polar surface area (TPSA) is 12.0 Å². The van der Waals surface area contributed by atoms with Crippen LogP contribution in [-0.2, 0) is 6.18 Å². The Balaban J connectivity index is 1.63. The highest BCUT2D eigenvalue weighted by Crippen LogP contribution is 2.48. The quantitative estimate of drug-likeness (QED) is 0.808. The number of halogens is 4. The molecule has 1 aromatic rings. The van der Waals surface area contributed by atoms with Crippen molar-refractivity contribution in [3.63, 3.8) is 0 Å². The lowest BCUT2D eigenvalue weighted by Gasteiger charge is -2.22. The fourth-order valence-electron chi connectivity index (χ4n) is 3.70. The van der Waals surface area contributed by atoms with Crippen molar-refractivity contribution in [1.29, 1.82) is 0 Å². The molecule has 0 amide bonds. The minimum atomic E-state index is -4.34. The Morgan fingerprint density at radius 2 is 2.00 bits per heavy atom. The number of nitrogens with one attached hydrogen (secondary N) is 1. The molecule has 1 nitrogen and oxygen atoms in total. The Bertz CT molecular complexity index is 500. The maximum absolute atomic E-state index is 12.6. The molecule has 0 aliphatic heterocycles. The Labute approximate surface area is 121 Å². The summed E-state index contributed by atoms with van der Waals surface area (Å²) in [4.78, 5) is 0. The number of anilines is 1. The first kappa shape index (κ1) is 14.1. The first-order valence-electron chi connectivity index (χ1n) is 7.04. The van der Waals surface area contributed by atoms with Gasteiger partial charge in [-0.1, -0.05) is 18.0 Å². The van der Waals surface area contributed by atoms with E-state index in [0.29, 0.717) is 11.6 Å². The lowest BCUT2D eigenvalue weighted by Crippen LogP contribution is -2.20. The summed E-state index contributed by atoms with van der Waals surface area (Å²) < 4.78 is 37.7. The lowest BCUT2D eigenvalue weighted by molar-refractivity contribution is -0.137. The summed E-state index contributed by atoms with van der Waals surface area (Å²) in [5, 5.41) is 3.36. The molecule has 110 valence electrons. The lowest BCUT2D eigenvalue weighted by atomic mass is 9.89. The summed E-state index contributed by atoms with van der Waals surface area (Å²) in [5.41, 5.74) is -0.101. The summed E-state index contributed by atoms with van der Waals surface area (Å²) in [6.45, 7) is 0.812. The normalized spacial score (nSPS) is 28.9. The molecule has 1 aromatic carbocycles. The van der Waals surface area contributed by atoms with Crippen molar-refractivity contribution in [1.82, 2.24) is 0 Å². The highest BCUT2D eigenvalue weighted by Gasteiger charge is 2.39. The third-order valence-electron chi connectivity index (χ3n) is 4.74. The van der Waals surface area contributed by atoms with Gasteiger partial charge in [-0.2, -0.15) is 13.2 Å². The van der Waals surface area contributed by atoms with E-state index in [9.17, 15) is 13.2 Å². The van der Waals surface area contributed by atoms with E-state index in [1.807, 2.05) is 0 Å². The molecule has 0 aromatic heterocycles. The Morgan fingerprint density at radius 1 is 1.20 bits per heavy atom. The van der Waals surface area contributed by atoms with Gasteiger partial charge in [-0.15, -0.1) is 0 Å². The molecular weight excluding hydrogens is 287 g/mol. The summed E-state index contributed by atoms with van der Waals surface area (Å²) >= 11 is 5.94. The number of hydrogen-bond donors (Lipinski definition) is 1. The average molecular weight is 304 g/mol. The predicted octanol–water partition coefficient (Wildman–Crippen LogP) is 5.21. The van der Waals surface area contributed by atoms with E-state index < -0.39 is 11.7 Å². The van der Waals surface area contributed by atoms with Gasteiger partial charge in [0, 0.05) is 6.54 Å². The largest absolute Gasteiger partial charge is 0.416 e. The van der Waals surface area contributed by atoms with Gasteiger partial charge in [0.1, 0.15) is 0 Å². The van der Waals surface area contributed by atoms with Crippen LogP contribution in [0.25, 0.3) is 0 Å². The maximum atomic E-state index is 12.6. The first-order chi connectivity index (χ1) is 9.43. The van der Waals surface area contributed by atoms with Crippen molar-refractivity contribution in [2.45, 2.75) is 31.9 Å². The van der Waals surface area contributed by atoms with E-state index in [1.54, 1.807) is 0 Å². The van der Waals surface area contributed by atoms with Gasteiger partial charge in [0.2, 0.25) is 0 Å². The monoisotopic (exact) mass is 303 g/mol. The van der Waals surface area contributed by atoms with Gasteiger partial charge in [-0.3, -0.25) is 0 Å². The molecule has 3 unspecified atom stereocenters. The minimum absolute atomic E-state index is 0.142. The molecule has 1 N–H and O–H groups in total. The van der Waals surface area contributed by atoms with E-state index in [1.165, 1.54) is 31.7 Å². The van der Waals surface area contributed by atoms with Crippen LogP contribution in [0.4, 0.5) is 18.9 Å². The van der Waals surface area contributed by atoms with E-state index >= 15 is 0 Å². The van der Waals surface area contributed by atoms with Gasteiger partial charge >= 0.3 is 6.18 Å². The van der Waals surface area contributed by atoms with Crippen LogP contribution in [0.15, 0.2) is 18.2 Å². The zero-order valence-corrected chi connectivity index (χ0v) is 11.8. The Hall–Kier alpha value is -0.900. The molecule has 20 heavy (non-hydrogen) atoms. The summed E-state index contributed by atoms with van der Waals surface area (Å²) in [6, 6.07) is 3.50. The molecule has 0 heterocycles. The molecule has 5 heteroatoms. The Morgan fingerprint density at radius 3 is 2.55 bits per heavy atom. The summed E-state index contributed by atoms with van der Waals surface area (Å²) in [5.74, 6) is 2.31. The zero-order valence-electron chi connectivity index (χ0n) is 11.0. The third kappa shape index (κ3) is 2.76. The van der Waals surface area contributed by atoms with Crippen molar-refractivity contribution < 1.29 is 13.2 Å². The van der Waals surface area contributed by atoms with Crippen LogP contribution in [0.3, 0.4) is 0 Å². The van der Waals surface area contributed by atoms with E-state index in [4.69, 9.17) is 11.6 Å². The van der Waals surface area contributed by atoms with Crippen LogP contribution in [0.2, 0.25) is 5.02 Å².